The van der Waals surface area contributed by atoms with Gasteiger partial charge in [-0.1, -0.05) is 29.8 Å². The van der Waals surface area contributed by atoms with E-state index in [4.69, 9.17) is 16.3 Å². The zero-order valence-electron chi connectivity index (χ0n) is 14.1. The van der Waals surface area contributed by atoms with E-state index in [9.17, 15) is 23.2 Å². The molecule has 1 unspecified atom stereocenters. The van der Waals surface area contributed by atoms with Gasteiger partial charge in [-0.15, -0.1) is 8.78 Å². The summed E-state index contributed by atoms with van der Waals surface area (Å²) in [4.78, 5) is 12.9. The molecular weight excluding hydrogens is 387 g/mol. The minimum atomic E-state index is -3.38. The normalized spacial score (nSPS) is 19.9. The number of quaternary nitrogens is 1. The van der Waals surface area contributed by atoms with Gasteiger partial charge in [0, 0.05) is 5.02 Å². The highest BCUT2D eigenvalue weighted by atomic mass is 35.5. The van der Waals surface area contributed by atoms with Crippen LogP contribution in [0.1, 0.15) is 5.56 Å². The lowest BCUT2D eigenvalue weighted by atomic mass is 10.2. The molecule has 6 nitrogen and oxygen atoms in total. The number of halogens is 4. The monoisotopic (exact) mass is 401 g/mol. The topological polar surface area (TPSA) is 55.8 Å². The summed E-state index contributed by atoms with van der Waals surface area (Å²) in [5.41, 5.74) is 0.422. The van der Waals surface area contributed by atoms with Crippen molar-refractivity contribution in [2.24, 2.45) is 0 Å². The maximum Gasteiger partial charge on any atom is 0.404 e. The summed E-state index contributed by atoms with van der Waals surface area (Å²) in [6.07, 6.45) is 0. The first-order valence-electron chi connectivity index (χ1n) is 7.82. The number of hydrogen-bond donors (Lipinski definition) is 0. The van der Waals surface area contributed by atoms with Crippen LogP contribution in [0.25, 0.3) is 0 Å². The van der Waals surface area contributed by atoms with E-state index in [1.54, 1.807) is 24.3 Å². The lowest BCUT2D eigenvalue weighted by Crippen LogP contribution is -2.53. The van der Waals surface area contributed by atoms with Gasteiger partial charge in [0.15, 0.2) is 18.2 Å². The number of benzene rings is 2. The van der Waals surface area contributed by atoms with E-state index in [1.165, 1.54) is 18.2 Å². The second-order valence-electron chi connectivity index (χ2n) is 5.91. The van der Waals surface area contributed by atoms with Crippen molar-refractivity contribution in [3.63, 3.8) is 0 Å². The van der Waals surface area contributed by atoms with Gasteiger partial charge >= 0.3 is 12.6 Å². The van der Waals surface area contributed by atoms with Crippen molar-refractivity contribution in [2.75, 3.05) is 18.6 Å². The first-order valence-corrected chi connectivity index (χ1v) is 8.20. The van der Waals surface area contributed by atoms with Gasteiger partial charge in [-0.05, 0) is 29.8 Å². The third-order valence-electron chi connectivity index (χ3n) is 4.21. The molecule has 1 aliphatic rings. The summed E-state index contributed by atoms with van der Waals surface area (Å²) in [6.45, 7) is -4.29. The van der Waals surface area contributed by atoms with Crippen LogP contribution in [0.2, 0.25) is 5.02 Å². The van der Waals surface area contributed by atoms with Gasteiger partial charge in [0.05, 0.1) is 12.7 Å². The number of hydroxylamine groups is 2. The molecule has 144 valence electrons. The Labute approximate surface area is 158 Å². The molecule has 1 atom stereocenters. The van der Waals surface area contributed by atoms with E-state index in [0.717, 1.165) is 12.6 Å². The van der Waals surface area contributed by atoms with Crippen LogP contribution >= 0.6 is 11.6 Å². The first kappa shape index (κ1) is 19.3. The molecule has 2 amide bonds. The molecule has 3 rings (SSSR count). The van der Waals surface area contributed by atoms with Crippen LogP contribution < -0.4 is 9.64 Å². The van der Waals surface area contributed by atoms with Crippen LogP contribution in [0.15, 0.2) is 42.5 Å². The number of rotatable bonds is 5. The summed E-state index contributed by atoms with van der Waals surface area (Å²) >= 11 is 5.80. The molecule has 1 saturated heterocycles. The van der Waals surface area contributed by atoms with Crippen LogP contribution in [-0.4, -0.2) is 36.1 Å². The fourth-order valence-electron chi connectivity index (χ4n) is 2.61. The average molecular weight is 402 g/mol. The number of urea groups is 1. The number of anilines is 1. The van der Waals surface area contributed by atoms with E-state index >= 15 is 0 Å². The van der Waals surface area contributed by atoms with E-state index in [-0.39, 0.29) is 18.0 Å². The van der Waals surface area contributed by atoms with Gasteiger partial charge in [-0.3, -0.25) is 0 Å². The number of carbonyl (C=O) groups excluding carboxylic acids is 1. The summed E-state index contributed by atoms with van der Waals surface area (Å²) in [5.74, 6) is -1.10. The molecule has 1 aliphatic heterocycles. The predicted molar refractivity (Wildman–Crippen MR) is 92.3 cm³/mol. The Hall–Kier alpha value is -2.49. The molecule has 10 heteroatoms. The smallest absolute Gasteiger partial charge is 0.404 e. The highest BCUT2D eigenvalue weighted by Gasteiger charge is 2.49. The van der Waals surface area contributed by atoms with E-state index < -0.39 is 29.8 Å². The number of alkyl halides is 2. The van der Waals surface area contributed by atoms with Crippen molar-refractivity contribution in [1.82, 2.24) is 5.01 Å². The number of amides is 2. The molecule has 0 aromatic heterocycles. The molecule has 0 N–H and O–H groups in total. The van der Waals surface area contributed by atoms with Crippen molar-refractivity contribution in [3.8, 4) is 5.75 Å². The second kappa shape index (κ2) is 7.26. The van der Waals surface area contributed by atoms with Crippen molar-refractivity contribution in [3.05, 3.63) is 64.1 Å². The molecule has 1 heterocycles. The Bertz CT molecular complexity index is 853. The zero-order chi connectivity index (χ0) is 19.8. The minimum absolute atomic E-state index is 0.0317. The van der Waals surface area contributed by atoms with E-state index in [2.05, 4.69) is 0 Å². The standard InChI is InChI=1S/C17H15ClF3N3O3/c1-22-17(25)23(10-24(22,26)16(20)21)13-3-2-4-14(15(13)19)27-9-11-5-7-12(18)8-6-11/h2-8,16H,9-10H2,1H3. The first-order chi connectivity index (χ1) is 12.7. The highest BCUT2D eigenvalue weighted by molar-refractivity contribution is 6.30. The molecule has 0 radical (unpaired) electrons. The maximum absolute atomic E-state index is 14.8. The minimum Gasteiger partial charge on any atom is -0.600 e. The van der Waals surface area contributed by atoms with Crippen molar-refractivity contribution in [2.45, 2.75) is 13.2 Å². The Balaban J connectivity index is 1.83. The fraction of sp³-hybridized carbons (Fsp3) is 0.235. The van der Waals surface area contributed by atoms with E-state index in [1.807, 2.05) is 0 Å². The third kappa shape index (κ3) is 3.53. The summed E-state index contributed by atoms with van der Waals surface area (Å²) in [5, 5.41) is 13.0. The fourth-order valence-corrected chi connectivity index (χ4v) is 2.74. The lowest BCUT2D eigenvalue weighted by Gasteiger charge is -2.38. The molecule has 0 saturated carbocycles. The summed E-state index contributed by atoms with van der Waals surface area (Å²) < 4.78 is 44.1. The maximum atomic E-state index is 14.8. The molecule has 2 aromatic rings. The lowest BCUT2D eigenvalue weighted by molar-refractivity contribution is -1.01. The summed E-state index contributed by atoms with van der Waals surface area (Å²) in [7, 11) is 0.945. The molecule has 2 aromatic carbocycles. The Morgan fingerprint density at radius 2 is 1.93 bits per heavy atom. The second-order valence-corrected chi connectivity index (χ2v) is 6.35. The van der Waals surface area contributed by atoms with E-state index in [0.29, 0.717) is 14.9 Å². The van der Waals surface area contributed by atoms with Gasteiger partial charge in [-0.25, -0.2) is 14.1 Å². The quantitative estimate of drug-likeness (QED) is 0.425. The molecular formula is C17H15ClF3N3O3. The Morgan fingerprint density at radius 1 is 1.26 bits per heavy atom. The van der Waals surface area contributed by atoms with Gasteiger partial charge in [-0.2, -0.15) is 9.76 Å². The highest BCUT2D eigenvalue weighted by Crippen LogP contribution is 2.35. The number of hydrogen-bond acceptors (Lipinski definition) is 3. The van der Waals surface area contributed by atoms with Crippen molar-refractivity contribution in [1.29, 1.82) is 0 Å². The van der Waals surface area contributed by atoms with Gasteiger partial charge in [0.2, 0.25) is 0 Å². The molecule has 1 fully saturated rings. The van der Waals surface area contributed by atoms with Crippen molar-refractivity contribution < 1.29 is 27.5 Å². The number of carbonyl (C=O) groups is 1. The van der Waals surface area contributed by atoms with Gasteiger partial charge in [0.25, 0.3) is 0 Å². The predicted octanol–water partition coefficient (Wildman–Crippen LogP) is 4.34. The van der Waals surface area contributed by atoms with Crippen LogP contribution in [0.4, 0.5) is 23.7 Å². The Morgan fingerprint density at radius 3 is 2.52 bits per heavy atom. The molecule has 0 aliphatic carbocycles. The molecule has 27 heavy (non-hydrogen) atoms. The van der Waals surface area contributed by atoms with Gasteiger partial charge < -0.3 is 9.94 Å². The Kier molecular flexibility index (Phi) is 5.18. The number of nitrogens with zero attached hydrogens (tertiary/aromatic N) is 3. The average Bonchev–Trinajstić information content (AvgIpc) is 2.88. The number of ether oxygens (including phenoxy) is 1. The van der Waals surface area contributed by atoms with Crippen LogP contribution in [0.3, 0.4) is 0 Å². The largest absolute Gasteiger partial charge is 0.600 e. The SMILES string of the molecule is CN1C(=O)N(c2cccc(OCc3ccc(Cl)cc3)c2F)C[N+]1([O-])C(F)F. The van der Waals surface area contributed by atoms with Crippen molar-refractivity contribution >= 4 is 23.3 Å². The van der Waals surface area contributed by atoms with Crippen LogP contribution in [-0.2, 0) is 6.61 Å². The van der Waals surface area contributed by atoms with Crippen LogP contribution in [0.5, 0.6) is 5.75 Å². The summed E-state index contributed by atoms with van der Waals surface area (Å²) in [6, 6.07) is 9.65. The molecule has 0 bridgehead atoms. The van der Waals surface area contributed by atoms with Gasteiger partial charge in [0.1, 0.15) is 6.61 Å². The zero-order valence-corrected chi connectivity index (χ0v) is 14.9. The molecule has 0 spiro atoms. The van der Waals surface area contributed by atoms with Crippen LogP contribution in [0, 0.1) is 11.0 Å². The third-order valence-corrected chi connectivity index (χ3v) is 4.46.